The molecule has 0 spiro atoms. The summed E-state index contributed by atoms with van der Waals surface area (Å²) in [4.78, 5) is 10.1. The molecule has 1 aromatic carbocycles. The van der Waals surface area contributed by atoms with Gasteiger partial charge in [-0.25, -0.2) is 10.1 Å². The van der Waals surface area contributed by atoms with Crippen molar-refractivity contribution in [1.82, 2.24) is 0 Å². The first-order chi connectivity index (χ1) is 6.00. The van der Waals surface area contributed by atoms with Gasteiger partial charge in [0.1, 0.15) is 5.69 Å². The van der Waals surface area contributed by atoms with E-state index in [1.807, 2.05) is 5.43 Å². The first-order valence-electron chi connectivity index (χ1n) is 3.06. The van der Waals surface area contributed by atoms with Crippen molar-refractivity contribution in [1.29, 1.82) is 0 Å². The predicted octanol–water partition coefficient (Wildman–Crippen LogP) is 2.60. The molecule has 0 radical (unpaired) electrons. The topological polar surface area (TPSA) is 55.2 Å². The molecule has 0 saturated heterocycles. The summed E-state index contributed by atoms with van der Waals surface area (Å²) in [5.41, 5.74) is 1.91. The number of rotatable bonds is 2. The van der Waals surface area contributed by atoms with Crippen LogP contribution < -0.4 is 5.43 Å². The number of hydrogen-bond acceptors (Lipinski definition) is 2. The molecule has 0 unspecified atom stereocenters. The average Bonchev–Trinajstić information content (AvgIpc) is 1.96. The van der Waals surface area contributed by atoms with Crippen molar-refractivity contribution < 1.29 is 5.03 Å². The number of hydrogen-bond donors (Lipinski definition) is 1. The van der Waals surface area contributed by atoms with Gasteiger partial charge in [0.15, 0.2) is 5.03 Å². The number of halogens is 3. The summed E-state index contributed by atoms with van der Waals surface area (Å²) in [7, 11) is 0. The Morgan fingerprint density at radius 2 is 1.64 bits per heavy atom. The van der Waals surface area contributed by atoms with Crippen LogP contribution in [0, 0.1) is 10.1 Å². The Hall–Kier alpha value is 0.290. The molecule has 0 heterocycles. The molecule has 4 nitrogen and oxygen atoms in total. The minimum absolute atomic E-state index is 0. The quantitative estimate of drug-likeness (QED) is 0.508. The van der Waals surface area contributed by atoms with E-state index in [-0.39, 0.29) is 45.3 Å². The van der Waals surface area contributed by atoms with E-state index in [2.05, 4.69) is 0 Å². The van der Waals surface area contributed by atoms with E-state index in [4.69, 9.17) is 34.8 Å². The van der Waals surface area contributed by atoms with Crippen LogP contribution in [0.1, 0.15) is 0 Å². The molecule has 0 aliphatic heterocycles. The van der Waals surface area contributed by atoms with Crippen LogP contribution in [-0.2, 0) is 0 Å². The molecule has 1 aromatic rings. The van der Waals surface area contributed by atoms with E-state index in [0.717, 1.165) is 0 Å². The van der Waals surface area contributed by atoms with Crippen LogP contribution in [0.25, 0.3) is 0 Å². The second-order valence-electron chi connectivity index (χ2n) is 2.11. The van der Waals surface area contributed by atoms with Crippen molar-refractivity contribution in [3.8, 4) is 0 Å². The molecular weight excluding hydrogens is 261 g/mol. The predicted molar refractivity (Wildman–Crippen MR) is 59.2 cm³/mol. The Kier molecular flexibility index (Phi) is 6.12. The summed E-state index contributed by atoms with van der Waals surface area (Å²) >= 11 is 16.9. The molecule has 0 amide bonds. The summed E-state index contributed by atoms with van der Waals surface area (Å²) < 4.78 is 0. The van der Waals surface area contributed by atoms with Crippen LogP contribution in [0.3, 0.4) is 0 Å². The molecule has 0 aliphatic rings. The second kappa shape index (κ2) is 6.00. The van der Waals surface area contributed by atoms with Crippen LogP contribution in [-0.4, -0.2) is 34.6 Å². The third-order valence-electron chi connectivity index (χ3n) is 1.21. The summed E-state index contributed by atoms with van der Waals surface area (Å²) in [6.07, 6.45) is 0. The van der Waals surface area contributed by atoms with E-state index in [1.165, 1.54) is 12.1 Å². The van der Waals surface area contributed by atoms with Gasteiger partial charge < -0.3 is 0 Å². The van der Waals surface area contributed by atoms with Crippen LogP contribution in [0.5, 0.6) is 0 Å². The van der Waals surface area contributed by atoms with Gasteiger partial charge in [-0.2, -0.15) is 0 Å². The first-order valence-corrected chi connectivity index (χ1v) is 4.19. The van der Waals surface area contributed by atoms with Crippen molar-refractivity contribution >= 4 is 70.0 Å². The summed E-state index contributed by atoms with van der Waals surface area (Å²) in [6, 6.07) is 2.72. The second-order valence-corrected chi connectivity index (χ2v) is 3.36. The maximum absolute atomic E-state index is 10.1. The van der Waals surface area contributed by atoms with E-state index in [1.54, 1.807) is 0 Å². The fourth-order valence-corrected chi connectivity index (χ4v) is 1.64. The third-order valence-corrected chi connectivity index (χ3v) is 2.02. The monoisotopic (exact) mass is 264 g/mol. The number of hydrazine groups is 1. The zero-order valence-electron chi connectivity index (χ0n) is 6.05. The molecule has 1 rings (SSSR count). The molecule has 0 bridgehead atoms. The van der Waals surface area contributed by atoms with Gasteiger partial charge in [-0.15, -0.1) is 5.43 Å². The standard InChI is InChI=1S/C6H3Cl3N2O2.Na.H/c7-3-1-4(8)6(5(9)2-3)10-11(12)13;;/h1-2,10H;;. The molecule has 72 valence electrons. The van der Waals surface area contributed by atoms with Crippen LogP contribution in [0.4, 0.5) is 5.69 Å². The van der Waals surface area contributed by atoms with Crippen LogP contribution >= 0.6 is 34.8 Å². The van der Waals surface area contributed by atoms with Gasteiger partial charge in [-0.1, -0.05) is 34.8 Å². The number of anilines is 1. The molecular formula is C6H4Cl3N2NaO2. The van der Waals surface area contributed by atoms with Gasteiger partial charge in [0, 0.05) is 5.02 Å². The van der Waals surface area contributed by atoms with Crippen molar-refractivity contribution in [2.24, 2.45) is 0 Å². The zero-order valence-corrected chi connectivity index (χ0v) is 8.32. The molecule has 0 aliphatic carbocycles. The Bertz CT molecular complexity index is 338. The van der Waals surface area contributed by atoms with Gasteiger partial charge >= 0.3 is 29.6 Å². The Morgan fingerprint density at radius 1 is 1.21 bits per heavy atom. The van der Waals surface area contributed by atoms with E-state index >= 15 is 0 Å². The fraction of sp³-hybridized carbons (Fsp3) is 0. The Labute approximate surface area is 117 Å². The molecule has 8 heteroatoms. The zero-order chi connectivity index (χ0) is 10.0. The van der Waals surface area contributed by atoms with Crippen molar-refractivity contribution in [3.05, 3.63) is 37.3 Å². The number of nitrogens with one attached hydrogen (secondary N) is 1. The van der Waals surface area contributed by atoms with Crippen molar-refractivity contribution in [2.45, 2.75) is 0 Å². The number of benzene rings is 1. The SMILES string of the molecule is O=[N+]([O-])Nc1c(Cl)cc(Cl)cc1Cl.[NaH]. The van der Waals surface area contributed by atoms with E-state index in [9.17, 15) is 10.1 Å². The molecule has 0 saturated carbocycles. The van der Waals surface area contributed by atoms with Crippen LogP contribution in [0.15, 0.2) is 12.1 Å². The van der Waals surface area contributed by atoms with E-state index < -0.39 is 5.03 Å². The van der Waals surface area contributed by atoms with Crippen molar-refractivity contribution in [3.63, 3.8) is 0 Å². The fourth-order valence-electron chi connectivity index (χ4n) is 0.740. The molecule has 0 aromatic heterocycles. The normalized spacial score (nSPS) is 9.07. The summed E-state index contributed by atoms with van der Waals surface area (Å²) in [5, 5.41) is 9.89. The average molecular weight is 265 g/mol. The summed E-state index contributed by atoms with van der Waals surface area (Å²) in [6.45, 7) is 0. The number of nitrogens with zero attached hydrogens (tertiary/aromatic N) is 1. The van der Waals surface area contributed by atoms with Crippen molar-refractivity contribution in [2.75, 3.05) is 5.43 Å². The van der Waals surface area contributed by atoms with Gasteiger partial charge in [-0.05, 0) is 12.1 Å². The molecule has 14 heavy (non-hydrogen) atoms. The number of nitro groups is 1. The van der Waals surface area contributed by atoms with Crippen LogP contribution in [0.2, 0.25) is 15.1 Å². The van der Waals surface area contributed by atoms with Gasteiger partial charge in [-0.3, -0.25) is 0 Å². The molecule has 0 atom stereocenters. The van der Waals surface area contributed by atoms with Gasteiger partial charge in [0.05, 0.1) is 10.0 Å². The Morgan fingerprint density at radius 3 is 2.00 bits per heavy atom. The minimum atomic E-state index is -0.749. The molecule has 1 N–H and O–H groups in total. The Balaban J connectivity index is 0.00000169. The first kappa shape index (κ1) is 14.3. The van der Waals surface area contributed by atoms with Gasteiger partial charge in [0.2, 0.25) is 0 Å². The van der Waals surface area contributed by atoms with Gasteiger partial charge in [0.25, 0.3) is 0 Å². The third kappa shape index (κ3) is 3.81. The van der Waals surface area contributed by atoms with E-state index in [0.29, 0.717) is 5.02 Å². The maximum atomic E-state index is 10.1. The summed E-state index contributed by atoms with van der Waals surface area (Å²) in [5.74, 6) is 0. The molecule has 0 fully saturated rings.